The fourth-order valence-corrected chi connectivity index (χ4v) is 3.17. The maximum atomic E-state index is 12.9. The van der Waals surface area contributed by atoms with Crippen molar-refractivity contribution in [2.24, 2.45) is 5.92 Å². The molecule has 1 amide bonds. The van der Waals surface area contributed by atoms with E-state index in [1.54, 1.807) is 36.5 Å². The Labute approximate surface area is 180 Å². The van der Waals surface area contributed by atoms with Gasteiger partial charge < -0.3 is 15.2 Å². The lowest BCUT2D eigenvalue weighted by atomic mass is 10.0. The Morgan fingerprint density at radius 1 is 1.23 bits per heavy atom. The summed E-state index contributed by atoms with van der Waals surface area (Å²) in [6, 6.07) is 6.54. The number of aromatic nitrogens is 3. The second-order valence-corrected chi connectivity index (χ2v) is 7.55. The number of pyridine rings is 1. The van der Waals surface area contributed by atoms with Crippen molar-refractivity contribution < 1.29 is 19.4 Å². The van der Waals surface area contributed by atoms with Gasteiger partial charge in [0.05, 0.1) is 41.9 Å². The SMILES string of the molecule is COc1c(C(=O)NC(CO)C(C)C)ccc2[nH]nc(C=Cc3ccc(C(C)=O)nc3)c12. The molecule has 0 fully saturated rings. The van der Waals surface area contributed by atoms with Crippen LogP contribution in [-0.2, 0) is 0 Å². The van der Waals surface area contributed by atoms with Gasteiger partial charge in [0.15, 0.2) is 5.78 Å². The highest BCUT2D eigenvalue weighted by molar-refractivity contribution is 6.05. The second kappa shape index (κ2) is 9.53. The van der Waals surface area contributed by atoms with Crippen LogP contribution < -0.4 is 10.1 Å². The molecular weight excluding hydrogens is 396 g/mol. The van der Waals surface area contributed by atoms with Gasteiger partial charge in [0, 0.05) is 13.1 Å². The summed E-state index contributed by atoms with van der Waals surface area (Å²) in [5.41, 5.74) is 2.89. The molecule has 2 aromatic heterocycles. The van der Waals surface area contributed by atoms with E-state index in [4.69, 9.17) is 4.74 Å². The largest absolute Gasteiger partial charge is 0.495 e. The maximum Gasteiger partial charge on any atom is 0.255 e. The van der Waals surface area contributed by atoms with Crippen LogP contribution in [0.25, 0.3) is 23.1 Å². The lowest BCUT2D eigenvalue weighted by molar-refractivity contribution is 0.0893. The van der Waals surface area contributed by atoms with Gasteiger partial charge in [-0.1, -0.05) is 26.0 Å². The van der Waals surface area contributed by atoms with Crippen LogP contribution in [0.1, 0.15) is 52.9 Å². The number of ketones is 1. The number of H-pyrrole nitrogens is 1. The molecule has 162 valence electrons. The minimum absolute atomic E-state index is 0.0825. The van der Waals surface area contributed by atoms with E-state index in [0.29, 0.717) is 28.1 Å². The fourth-order valence-electron chi connectivity index (χ4n) is 3.17. The zero-order valence-electron chi connectivity index (χ0n) is 18.0. The number of methoxy groups -OCH3 is 1. The number of aromatic amines is 1. The van der Waals surface area contributed by atoms with E-state index in [2.05, 4.69) is 20.5 Å². The molecule has 0 aliphatic carbocycles. The molecule has 8 heteroatoms. The van der Waals surface area contributed by atoms with Crippen molar-refractivity contribution >= 4 is 34.7 Å². The topological polar surface area (TPSA) is 117 Å². The van der Waals surface area contributed by atoms with E-state index in [1.807, 2.05) is 19.9 Å². The quantitative estimate of drug-likeness (QED) is 0.480. The van der Waals surface area contributed by atoms with Crippen molar-refractivity contribution in [3.63, 3.8) is 0 Å². The Morgan fingerprint density at radius 2 is 2.00 bits per heavy atom. The molecule has 0 bridgehead atoms. The number of fused-ring (bicyclic) bond motifs is 1. The first-order valence-corrected chi connectivity index (χ1v) is 9.97. The highest BCUT2D eigenvalue weighted by atomic mass is 16.5. The van der Waals surface area contributed by atoms with Crippen molar-refractivity contribution in [1.82, 2.24) is 20.5 Å². The van der Waals surface area contributed by atoms with Gasteiger partial charge in [0.25, 0.3) is 5.91 Å². The molecule has 8 nitrogen and oxygen atoms in total. The summed E-state index contributed by atoms with van der Waals surface area (Å²) in [5.74, 6) is 0.0601. The van der Waals surface area contributed by atoms with Gasteiger partial charge >= 0.3 is 0 Å². The summed E-state index contributed by atoms with van der Waals surface area (Å²) in [5, 5.41) is 20.3. The molecule has 3 aromatic rings. The van der Waals surface area contributed by atoms with Gasteiger partial charge in [-0.15, -0.1) is 0 Å². The van der Waals surface area contributed by atoms with E-state index in [1.165, 1.54) is 14.0 Å². The number of benzene rings is 1. The first-order valence-electron chi connectivity index (χ1n) is 9.97. The van der Waals surface area contributed by atoms with Gasteiger partial charge in [-0.25, -0.2) is 0 Å². The Morgan fingerprint density at radius 3 is 2.58 bits per heavy atom. The van der Waals surface area contributed by atoms with Gasteiger partial charge in [-0.3, -0.25) is 19.7 Å². The molecule has 0 saturated carbocycles. The zero-order valence-corrected chi connectivity index (χ0v) is 18.0. The van der Waals surface area contributed by atoms with Gasteiger partial charge in [0.2, 0.25) is 0 Å². The predicted molar refractivity (Wildman–Crippen MR) is 119 cm³/mol. The summed E-state index contributed by atoms with van der Waals surface area (Å²) in [4.78, 5) is 28.4. The van der Waals surface area contributed by atoms with Crippen molar-refractivity contribution in [3.05, 3.63) is 53.0 Å². The monoisotopic (exact) mass is 422 g/mol. The van der Waals surface area contributed by atoms with Crippen molar-refractivity contribution in [3.8, 4) is 5.75 Å². The van der Waals surface area contributed by atoms with Crippen molar-refractivity contribution in [2.75, 3.05) is 13.7 Å². The standard InChI is InChI=1S/C23H26N4O4/c1-13(2)20(12-28)25-23(30)16-7-10-19-21(22(16)31-4)18(26-27-19)9-6-15-5-8-17(14(3)29)24-11-15/h5-11,13,20,28H,12H2,1-4H3,(H,25,30)(H,26,27). The van der Waals surface area contributed by atoms with Crippen LogP contribution in [0.3, 0.4) is 0 Å². The smallest absolute Gasteiger partial charge is 0.255 e. The normalized spacial score (nSPS) is 12.5. The number of ether oxygens (including phenoxy) is 1. The third kappa shape index (κ3) is 4.80. The molecule has 0 aliphatic heterocycles. The summed E-state index contributed by atoms with van der Waals surface area (Å²) in [6.07, 6.45) is 5.22. The highest BCUT2D eigenvalue weighted by Gasteiger charge is 2.22. The molecule has 0 spiro atoms. The van der Waals surface area contributed by atoms with E-state index in [0.717, 1.165) is 11.1 Å². The highest BCUT2D eigenvalue weighted by Crippen LogP contribution is 2.32. The second-order valence-electron chi connectivity index (χ2n) is 7.55. The molecule has 1 atom stereocenters. The molecule has 3 rings (SSSR count). The number of hydrogen-bond donors (Lipinski definition) is 3. The zero-order chi connectivity index (χ0) is 22.5. The molecule has 31 heavy (non-hydrogen) atoms. The first kappa shape index (κ1) is 22.2. The third-order valence-electron chi connectivity index (χ3n) is 5.06. The number of rotatable bonds is 8. The number of nitrogens with zero attached hydrogens (tertiary/aromatic N) is 2. The summed E-state index contributed by atoms with van der Waals surface area (Å²) >= 11 is 0. The van der Waals surface area contributed by atoms with Crippen molar-refractivity contribution in [2.45, 2.75) is 26.8 Å². The van der Waals surface area contributed by atoms with E-state index >= 15 is 0 Å². The average Bonchev–Trinajstić information content (AvgIpc) is 3.18. The number of carbonyl (C=O) groups excluding carboxylic acids is 2. The van der Waals surface area contributed by atoms with Gasteiger partial charge in [-0.2, -0.15) is 5.10 Å². The van der Waals surface area contributed by atoms with Crippen LogP contribution in [0.2, 0.25) is 0 Å². The Hall–Kier alpha value is -3.52. The number of hydrogen-bond acceptors (Lipinski definition) is 6. The van der Waals surface area contributed by atoms with Crippen LogP contribution in [0.15, 0.2) is 30.5 Å². The van der Waals surface area contributed by atoms with Crippen LogP contribution in [0.5, 0.6) is 5.75 Å². The summed E-state index contributed by atoms with van der Waals surface area (Å²) in [7, 11) is 1.50. The van der Waals surface area contributed by atoms with E-state index in [9.17, 15) is 14.7 Å². The number of nitrogens with one attached hydrogen (secondary N) is 2. The molecular formula is C23H26N4O4. The van der Waals surface area contributed by atoms with Crippen LogP contribution in [-0.4, -0.2) is 51.7 Å². The summed E-state index contributed by atoms with van der Waals surface area (Å²) in [6.45, 7) is 5.18. The molecule has 0 aliphatic rings. The maximum absolute atomic E-state index is 12.9. The number of Topliss-reactive ketones (excluding diaryl/α,β-unsaturated/α-hetero) is 1. The van der Waals surface area contributed by atoms with Crippen molar-refractivity contribution in [1.29, 1.82) is 0 Å². The molecule has 2 heterocycles. The lowest BCUT2D eigenvalue weighted by Crippen LogP contribution is -2.41. The summed E-state index contributed by atoms with van der Waals surface area (Å²) < 4.78 is 5.58. The minimum Gasteiger partial charge on any atom is -0.495 e. The molecule has 0 saturated heterocycles. The van der Waals surface area contributed by atoms with E-state index in [-0.39, 0.29) is 30.3 Å². The number of carbonyl (C=O) groups is 2. The van der Waals surface area contributed by atoms with Gasteiger partial charge in [0.1, 0.15) is 11.4 Å². The van der Waals surface area contributed by atoms with E-state index < -0.39 is 0 Å². The average molecular weight is 422 g/mol. The van der Waals surface area contributed by atoms with Gasteiger partial charge in [-0.05, 0) is 35.8 Å². The molecule has 3 N–H and O–H groups in total. The Balaban J connectivity index is 1.96. The number of amides is 1. The molecule has 1 unspecified atom stereocenters. The first-order chi connectivity index (χ1) is 14.8. The Kier molecular flexibility index (Phi) is 6.81. The fraction of sp³-hybridized carbons (Fsp3) is 0.304. The third-order valence-corrected chi connectivity index (χ3v) is 5.06. The Bertz CT molecular complexity index is 1120. The number of aliphatic hydroxyl groups is 1. The predicted octanol–water partition coefficient (Wildman–Crippen LogP) is 3.09. The molecule has 0 radical (unpaired) electrons. The van der Waals surface area contributed by atoms with Crippen LogP contribution in [0.4, 0.5) is 0 Å². The van der Waals surface area contributed by atoms with Crippen LogP contribution in [0, 0.1) is 5.92 Å². The van der Waals surface area contributed by atoms with Crippen LogP contribution >= 0.6 is 0 Å². The molecule has 1 aromatic carbocycles. The number of aliphatic hydroxyl groups excluding tert-OH is 1. The minimum atomic E-state index is -0.359. The lowest BCUT2D eigenvalue weighted by Gasteiger charge is -2.20.